The van der Waals surface area contributed by atoms with Crippen LogP contribution in [0.1, 0.15) is 12.5 Å². The van der Waals surface area contributed by atoms with Crippen LogP contribution in [0.2, 0.25) is 0 Å². The van der Waals surface area contributed by atoms with Gasteiger partial charge in [0.15, 0.2) is 0 Å². The van der Waals surface area contributed by atoms with E-state index in [-0.39, 0.29) is 5.82 Å². The lowest BCUT2D eigenvalue weighted by atomic mass is 10.2. The van der Waals surface area contributed by atoms with E-state index in [4.69, 9.17) is 10.5 Å². The maximum atomic E-state index is 13.8. The summed E-state index contributed by atoms with van der Waals surface area (Å²) in [5.41, 5.74) is 7.25. The van der Waals surface area contributed by atoms with Crippen molar-refractivity contribution >= 4 is 5.69 Å². The highest BCUT2D eigenvalue weighted by atomic mass is 19.1. The highest BCUT2D eigenvalue weighted by Crippen LogP contribution is 2.18. The third kappa shape index (κ3) is 4.20. The molecule has 0 aliphatic heterocycles. The van der Waals surface area contributed by atoms with E-state index in [0.29, 0.717) is 25.4 Å². The molecule has 0 saturated carbocycles. The van der Waals surface area contributed by atoms with Crippen molar-refractivity contribution < 1.29 is 9.13 Å². The van der Waals surface area contributed by atoms with Gasteiger partial charge in [0.2, 0.25) is 0 Å². The van der Waals surface area contributed by atoms with Crippen LogP contribution < -0.4 is 15.4 Å². The zero-order valence-electron chi connectivity index (χ0n) is 12.3. The molecular formula is C17H21FN2O. The minimum Gasteiger partial charge on any atom is -0.492 e. The van der Waals surface area contributed by atoms with Crippen LogP contribution in [0.4, 0.5) is 10.1 Å². The molecule has 0 amide bonds. The molecule has 0 saturated heterocycles. The monoisotopic (exact) mass is 288 g/mol. The van der Waals surface area contributed by atoms with Crippen LogP contribution in [0.5, 0.6) is 5.75 Å². The Bertz CT molecular complexity index is 574. The summed E-state index contributed by atoms with van der Waals surface area (Å²) in [6.45, 7) is 4.35. The standard InChI is InChI=1S/C17H21FN2O/c1-2-20(17-9-4-3-8-16(17)18)10-11-21-15-7-5-6-14(12-15)13-19/h3-9,12H,2,10-11,13,19H2,1H3. The van der Waals surface area contributed by atoms with Crippen LogP contribution in [0, 0.1) is 5.82 Å². The van der Waals surface area contributed by atoms with Gasteiger partial charge in [-0.25, -0.2) is 4.39 Å². The van der Waals surface area contributed by atoms with Crippen molar-refractivity contribution in [3.05, 3.63) is 59.9 Å². The fraction of sp³-hybridized carbons (Fsp3) is 0.294. The number of nitrogens with zero attached hydrogens (tertiary/aromatic N) is 1. The number of halogens is 1. The van der Waals surface area contributed by atoms with Crippen LogP contribution in [0.15, 0.2) is 48.5 Å². The first kappa shape index (κ1) is 15.3. The number of benzene rings is 2. The van der Waals surface area contributed by atoms with Crippen LogP contribution >= 0.6 is 0 Å². The molecule has 2 aromatic rings. The fourth-order valence-electron chi connectivity index (χ4n) is 2.19. The zero-order valence-corrected chi connectivity index (χ0v) is 12.3. The summed E-state index contributed by atoms with van der Waals surface area (Å²) in [6.07, 6.45) is 0. The fourth-order valence-corrected chi connectivity index (χ4v) is 2.19. The number of para-hydroxylation sites is 1. The summed E-state index contributed by atoms with van der Waals surface area (Å²) in [6, 6.07) is 14.5. The van der Waals surface area contributed by atoms with Crippen LogP contribution in [-0.4, -0.2) is 19.7 Å². The first-order chi connectivity index (χ1) is 10.2. The van der Waals surface area contributed by atoms with Crippen LogP contribution in [-0.2, 0) is 6.54 Å². The molecule has 0 radical (unpaired) electrons. The van der Waals surface area contributed by atoms with E-state index in [1.165, 1.54) is 6.07 Å². The van der Waals surface area contributed by atoms with Gasteiger partial charge in [-0.3, -0.25) is 0 Å². The Balaban J connectivity index is 1.93. The highest BCUT2D eigenvalue weighted by molar-refractivity contribution is 5.47. The van der Waals surface area contributed by atoms with Crippen molar-refractivity contribution in [2.75, 3.05) is 24.6 Å². The van der Waals surface area contributed by atoms with Gasteiger partial charge >= 0.3 is 0 Å². The van der Waals surface area contributed by atoms with Crippen molar-refractivity contribution in [3.8, 4) is 5.75 Å². The third-order valence-corrected chi connectivity index (χ3v) is 3.34. The number of hydrogen-bond acceptors (Lipinski definition) is 3. The minimum atomic E-state index is -0.204. The van der Waals surface area contributed by atoms with Gasteiger partial charge in [0.25, 0.3) is 0 Å². The van der Waals surface area contributed by atoms with Crippen molar-refractivity contribution in [2.24, 2.45) is 5.73 Å². The second kappa shape index (κ2) is 7.64. The number of anilines is 1. The van der Waals surface area contributed by atoms with Gasteiger partial charge in [-0.1, -0.05) is 24.3 Å². The number of hydrogen-bond donors (Lipinski definition) is 1. The second-order valence-electron chi connectivity index (χ2n) is 4.73. The quantitative estimate of drug-likeness (QED) is 0.850. The van der Waals surface area contributed by atoms with Crippen LogP contribution in [0.3, 0.4) is 0 Å². The summed E-state index contributed by atoms with van der Waals surface area (Å²) in [7, 11) is 0. The van der Waals surface area contributed by atoms with Gasteiger partial charge in [-0.2, -0.15) is 0 Å². The summed E-state index contributed by atoms with van der Waals surface area (Å²) in [5, 5.41) is 0. The summed E-state index contributed by atoms with van der Waals surface area (Å²) in [4.78, 5) is 1.96. The molecule has 0 atom stereocenters. The van der Waals surface area contributed by atoms with E-state index in [1.54, 1.807) is 12.1 Å². The van der Waals surface area contributed by atoms with Gasteiger partial charge in [0, 0.05) is 13.1 Å². The molecule has 0 bridgehead atoms. The van der Waals surface area contributed by atoms with E-state index in [1.807, 2.05) is 42.2 Å². The van der Waals surface area contributed by atoms with Crippen molar-refractivity contribution in [2.45, 2.75) is 13.5 Å². The van der Waals surface area contributed by atoms with Gasteiger partial charge in [0.1, 0.15) is 18.2 Å². The third-order valence-electron chi connectivity index (χ3n) is 3.34. The summed E-state index contributed by atoms with van der Waals surface area (Å²) >= 11 is 0. The summed E-state index contributed by atoms with van der Waals surface area (Å²) < 4.78 is 19.5. The molecule has 0 fully saturated rings. The molecule has 112 valence electrons. The zero-order chi connectivity index (χ0) is 15.1. The first-order valence-electron chi connectivity index (χ1n) is 7.16. The lowest BCUT2D eigenvalue weighted by molar-refractivity contribution is 0.323. The van der Waals surface area contributed by atoms with Gasteiger partial charge in [-0.05, 0) is 36.8 Å². The van der Waals surface area contributed by atoms with E-state index < -0.39 is 0 Å². The van der Waals surface area contributed by atoms with Gasteiger partial charge in [0.05, 0.1) is 12.2 Å². The molecular weight excluding hydrogens is 267 g/mol. The van der Waals surface area contributed by atoms with E-state index >= 15 is 0 Å². The average Bonchev–Trinajstić information content (AvgIpc) is 2.53. The molecule has 0 aliphatic carbocycles. The molecule has 2 N–H and O–H groups in total. The van der Waals surface area contributed by atoms with E-state index in [9.17, 15) is 4.39 Å². The second-order valence-corrected chi connectivity index (χ2v) is 4.73. The molecule has 21 heavy (non-hydrogen) atoms. The number of ether oxygens (including phenoxy) is 1. The van der Waals surface area contributed by atoms with E-state index in [0.717, 1.165) is 17.9 Å². The Hall–Kier alpha value is -2.07. The van der Waals surface area contributed by atoms with Crippen molar-refractivity contribution in [3.63, 3.8) is 0 Å². The van der Waals surface area contributed by atoms with Crippen molar-refractivity contribution in [1.82, 2.24) is 0 Å². The smallest absolute Gasteiger partial charge is 0.146 e. The minimum absolute atomic E-state index is 0.204. The number of rotatable bonds is 7. The molecule has 0 unspecified atom stereocenters. The number of nitrogens with two attached hydrogens (primary N) is 1. The normalized spacial score (nSPS) is 10.4. The topological polar surface area (TPSA) is 38.5 Å². The Morgan fingerprint density at radius 2 is 1.95 bits per heavy atom. The maximum absolute atomic E-state index is 13.8. The van der Waals surface area contributed by atoms with Gasteiger partial charge < -0.3 is 15.4 Å². The Labute approximate surface area is 125 Å². The first-order valence-corrected chi connectivity index (χ1v) is 7.16. The van der Waals surface area contributed by atoms with Crippen molar-refractivity contribution in [1.29, 1.82) is 0 Å². The maximum Gasteiger partial charge on any atom is 0.146 e. The molecule has 2 aromatic carbocycles. The average molecular weight is 288 g/mol. The molecule has 4 heteroatoms. The molecule has 0 aliphatic rings. The molecule has 3 nitrogen and oxygen atoms in total. The molecule has 0 aromatic heterocycles. The van der Waals surface area contributed by atoms with E-state index in [2.05, 4.69) is 0 Å². The largest absolute Gasteiger partial charge is 0.492 e. The highest BCUT2D eigenvalue weighted by Gasteiger charge is 2.09. The lowest BCUT2D eigenvalue weighted by Crippen LogP contribution is -2.28. The Morgan fingerprint density at radius 3 is 2.67 bits per heavy atom. The Morgan fingerprint density at radius 1 is 1.14 bits per heavy atom. The number of likely N-dealkylation sites (N-methyl/N-ethyl adjacent to an activating group) is 1. The lowest BCUT2D eigenvalue weighted by Gasteiger charge is -2.23. The SMILES string of the molecule is CCN(CCOc1cccc(CN)c1)c1ccccc1F. The molecule has 0 heterocycles. The molecule has 0 spiro atoms. The predicted molar refractivity (Wildman–Crippen MR) is 84.1 cm³/mol. The Kier molecular flexibility index (Phi) is 5.58. The van der Waals surface area contributed by atoms with Crippen LogP contribution in [0.25, 0.3) is 0 Å². The molecule has 2 rings (SSSR count). The summed E-state index contributed by atoms with van der Waals surface area (Å²) in [5.74, 6) is 0.590. The predicted octanol–water partition coefficient (Wildman–Crippen LogP) is 3.19. The van der Waals surface area contributed by atoms with Gasteiger partial charge in [-0.15, -0.1) is 0 Å².